The van der Waals surface area contributed by atoms with Crippen molar-refractivity contribution in [1.29, 1.82) is 0 Å². The van der Waals surface area contributed by atoms with Crippen LogP contribution in [0.3, 0.4) is 0 Å². The zero-order valence-electron chi connectivity index (χ0n) is 10.6. The summed E-state index contributed by atoms with van der Waals surface area (Å²) in [6, 6.07) is 6.76. The van der Waals surface area contributed by atoms with E-state index in [9.17, 15) is 9.59 Å². The minimum absolute atomic E-state index is 0.133. The van der Waals surface area contributed by atoms with Crippen LogP contribution in [0.2, 0.25) is 0 Å². The molecule has 0 fully saturated rings. The van der Waals surface area contributed by atoms with E-state index < -0.39 is 18.5 Å². The van der Waals surface area contributed by atoms with E-state index in [-0.39, 0.29) is 5.75 Å². The molecule has 1 aromatic heterocycles. The number of nitrogens with one attached hydrogen (secondary N) is 1. The molecular formula is C12H11N3O5S. The Morgan fingerprint density at radius 3 is 2.67 bits per heavy atom. The number of para-hydroxylation sites is 1. The Labute approximate surface area is 123 Å². The predicted octanol–water partition coefficient (Wildman–Crippen LogP) is 1.11. The molecule has 0 atom stereocenters. The number of benzene rings is 1. The zero-order valence-corrected chi connectivity index (χ0v) is 11.5. The second-order valence-corrected chi connectivity index (χ2v) is 4.80. The van der Waals surface area contributed by atoms with Crippen LogP contribution < -0.4 is 4.74 Å². The second-order valence-electron chi connectivity index (χ2n) is 3.84. The third-order valence-corrected chi connectivity index (χ3v) is 3.14. The van der Waals surface area contributed by atoms with E-state index in [1.165, 1.54) is 0 Å². The van der Waals surface area contributed by atoms with Gasteiger partial charge in [-0.1, -0.05) is 23.9 Å². The van der Waals surface area contributed by atoms with Crippen molar-refractivity contribution in [1.82, 2.24) is 15.2 Å². The maximum Gasteiger partial charge on any atom is 0.341 e. The molecule has 0 amide bonds. The van der Waals surface area contributed by atoms with Crippen molar-refractivity contribution in [3.05, 3.63) is 24.3 Å². The molecular weight excluding hydrogens is 298 g/mol. The van der Waals surface area contributed by atoms with Crippen LogP contribution in [-0.2, 0) is 9.59 Å². The Kier molecular flexibility index (Phi) is 4.77. The number of aliphatic carboxylic acids is 2. The fourth-order valence-electron chi connectivity index (χ4n) is 1.49. The smallest absolute Gasteiger partial charge is 0.341 e. The van der Waals surface area contributed by atoms with E-state index in [1.54, 1.807) is 24.3 Å². The molecule has 0 aliphatic carbocycles. The first-order valence-corrected chi connectivity index (χ1v) is 6.76. The van der Waals surface area contributed by atoms with Gasteiger partial charge in [-0.25, -0.2) is 4.79 Å². The van der Waals surface area contributed by atoms with E-state index in [2.05, 4.69) is 15.2 Å². The van der Waals surface area contributed by atoms with Crippen LogP contribution >= 0.6 is 11.8 Å². The molecule has 3 N–H and O–H groups in total. The molecule has 0 aliphatic rings. The first-order chi connectivity index (χ1) is 10.1. The normalized spacial score (nSPS) is 10.3. The van der Waals surface area contributed by atoms with Crippen LogP contribution in [-0.4, -0.2) is 49.7 Å². The van der Waals surface area contributed by atoms with Crippen molar-refractivity contribution < 1.29 is 24.5 Å². The van der Waals surface area contributed by atoms with Gasteiger partial charge in [-0.2, -0.15) is 0 Å². The fourth-order valence-corrected chi connectivity index (χ4v) is 2.02. The van der Waals surface area contributed by atoms with Crippen molar-refractivity contribution in [2.24, 2.45) is 0 Å². The minimum Gasteiger partial charge on any atom is -0.481 e. The zero-order chi connectivity index (χ0) is 15.2. The van der Waals surface area contributed by atoms with Crippen molar-refractivity contribution in [2.45, 2.75) is 5.16 Å². The number of ether oxygens (including phenoxy) is 1. The summed E-state index contributed by atoms with van der Waals surface area (Å²) in [5.41, 5.74) is 0.549. The first-order valence-electron chi connectivity index (χ1n) is 5.77. The molecule has 0 bridgehead atoms. The van der Waals surface area contributed by atoms with Gasteiger partial charge in [0.05, 0.1) is 11.3 Å². The molecule has 0 spiro atoms. The van der Waals surface area contributed by atoms with Gasteiger partial charge in [-0.05, 0) is 12.1 Å². The molecule has 1 heterocycles. The third kappa shape index (κ3) is 4.21. The Hall–Kier alpha value is -2.55. The number of thioether (sulfide) groups is 1. The topological polar surface area (TPSA) is 125 Å². The van der Waals surface area contributed by atoms with Crippen molar-refractivity contribution >= 4 is 23.7 Å². The van der Waals surface area contributed by atoms with E-state index in [1.807, 2.05) is 0 Å². The molecule has 0 saturated heterocycles. The van der Waals surface area contributed by atoms with E-state index >= 15 is 0 Å². The highest BCUT2D eigenvalue weighted by Crippen LogP contribution is 2.28. The van der Waals surface area contributed by atoms with Gasteiger partial charge in [-0.3, -0.25) is 4.79 Å². The Balaban J connectivity index is 2.17. The van der Waals surface area contributed by atoms with Crippen LogP contribution in [0.4, 0.5) is 0 Å². The molecule has 8 nitrogen and oxygen atoms in total. The number of hydrogen-bond acceptors (Lipinski definition) is 6. The molecule has 1 aromatic carbocycles. The molecule has 2 rings (SSSR count). The quantitative estimate of drug-likeness (QED) is 0.649. The molecule has 0 unspecified atom stereocenters. The number of H-pyrrole nitrogens is 1. The molecule has 0 saturated carbocycles. The highest BCUT2D eigenvalue weighted by Gasteiger charge is 2.12. The maximum atomic E-state index is 10.6. The Bertz CT molecular complexity index is 658. The number of nitrogens with zero attached hydrogens (tertiary/aromatic N) is 2. The van der Waals surface area contributed by atoms with Crippen LogP contribution in [0.5, 0.6) is 5.75 Å². The number of aromatic amines is 1. The minimum atomic E-state index is -1.08. The Morgan fingerprint density at radius 2 is 1.95 bits per heavy atom. The molecule has 0 radical (unpaired) electrons. The summed E-state index contributed by atoms with van der Waals surface area (Å²) in [6.45, 7) is -0.466. The van der Waals surface area contributed by atoms with Gasteiger partial charge >= 0.3 is 11.9 Å². The monoisotopic (exact) mass is 309 g/mol. The summed E-state index contributed by atoms with van der Waals surface area (Å²) >= 11 is 1.00. The SMILES string of the molecule is O=C(O)COc1ccccc1-c1nnc(SCC(=O)O)[nH]1. The van der Waals surface area contributed by atoms with Gasteiger partial charge in [0.25, 0.3) is 0 Å². The van der Waals surface area contributed by atoms with Crippen LogP contribution in [0.1, 0.15) is 0 Å². The standard InChI is InChI=1S/C12H11N3O5S/c16-9(17)5-20-8-4-2-1-3-7(8)11-13-12(15-14-11)21-6-10(18)19/h1-4H,5-6H2,(H,16,17)(H,18,19)(H,13,14,15). The third-order valence-electron chi connectivity index (χ3n) is 2.29. The molecule has 9 heteroatoms. The lowest BCUT2D eigenvalue weighted by atomic mass is 10.2. The van der Waals surface area contributed by atoms with Crippen molar-refractivity contribution in [3.8, 4) is 17.1 Å². The number of rotatable bonds is 7. The average molecular weight is 309 g/mol. The number of carboxylic acids is 2. The number of aromatic nitrogens is 3. The first kappa shape index (κ1) is 14.9. The molecule has 21 heavy (non-hydrogen) atoms. The van der Waals surface area contributed by atoms with E-state index in [4.69, 9.17) is 14.9 Å². The highest BCUT2D eigenvalue weighted by atomic mass is 32.2. The van der Waals surface area contributed by atoms with Crippen molar-refractivity contribution in [2.75, 3.05) is 12.4 Å². The number of carboxylic acid groups (broad SMARTS) is 2. The van der Waals surface area contributed by atoms with Gasteiger partial charge in [-0.15, -0.1) is 10.2 Å². The summed E-state index contributed by atoms with van der Waals surface area (Å²) in [7, 11) is 0. The maximum absolute atomic E-state index is 10.6. The lowest BCUT2D eigenvalue weighted by Crippen LogP contribution is -2.10. The number of hydrogen-bond donors (Lipinski definition) is 3. The van der Waals surface area contributed by atoms with Crippen LogP contribution in [0.25, 0.3) is 11.4 Å². The van der Waals surface area contributed by atoms with Gasteiger partial charge in [0.2, 0.25) is 0 Å². The summed E-state index contributed by atoms with van der Waals surface area (Å²) in [6.07, 6.45) is 0. The summed E-state index contributed by atoms with van der Waals surface area (Å²) in [5, 5.41) is 25.3. The summed E-state index contributed by atoms with van der Waals surface area (Å²) in [4.78, 5) is 23.9. The largest absolute Gasteiger partial charge is 0.481 e. The van der Waals surface area contributed by atoms with E-state index in [0.29, 0.717) is 22.3 Å². The summed E-state index contributed by atoms with van der Waals surface area (Å²) in [5.74, 6) is -1.44. The molecule has 2 aromatic rings. The lowest BCUT2D eigenvalue weighted by molar-refractivity contribution is -0.139. The molecule has 0 aliphatic heterocycles. The average Bonchev–Trinajstić information content (AvgIpc) is 2.92. The van der Waals surface area contributed by atoms with Crippen molar-refractivity contribution in [3.63, 3.8) is 0 Å². The number of carbonyl (C=O) groups is 2. The second kappa shape index (κ2) is 6.75. The van der Waals surface area contributed by atoms with Gasteiger partial charge in [0.15, 0.2) is 17.6 Å². The Morgan fingerprint density at radius 1 is 1.19 bits per heavy atom. The van der Waals surface area contributed by atoms with Crippen LogP contribution in [0, 0.1) is 0 Å². The molecule has 110 valence electrons. The van der Waals surface area contributed by atoms with Gasteiger partial charge in [0.1, 0.15) is 5.75 Å². The van der Waals surface area contributed by atoms with E-state index in [0.717, 1.165) is 11.8 Å². The lowest BCUT2D eigenvalue weighted by Gasteiger charge is -2.07. The fraction of sp³-hybridized carbons (Fsp3) is 0.167. The summed E-state index contributed by atoms with van der Waals surface area (Å²) < 4.78 is 5.17. The predicted molar refractivity (Wildman–Crippen MR) is 73.3 cm³/mol. The van der Waals surface area contributed by atoms with Gasteiger partial charge in [0, 0.05) is 0 Å². The highest BCUT2D eigenvalue weighted by molar-refractivity contribution is 7.99. The van der Waals surface area contributed by atoms with Gasteiger partial charge < -0.3 is 19.9 Å². The van der Waals surface area contributed by atoms with Crippen LogP contribution in [0.15, 0.2) is 29.4 Å².